The maximum absolute atomic E-state index is 14.4. The van der Waals surface area contributed by atoms with Crippen LogP contribution in [0.2, 0.25) is 5.02 Å². The van der Waals surface area contributed by atoms with E-state index in [2.05, 4.69) is 10.2 Å². The predicted octanol–water partition coefficient (Wildman–Crippen LogP) is 2.79. The molecule has 3 saturated heterocycles. The van der Waals surface area contributed by atoms with Crippen molar-refractivity contribution in [1.82, 2.24) is 15.1 Å². The number of nitrogens with one attached hydrogen (secondary N) is 1. The number of nitrogens with zero attached hydrogens (tertiary/aromatic N) is 3. The van der Waals surface area contributed by atoms with E-state index in [1.54, 1.807) is 34.1 Å². The topological polar surface area (TPSA) is 82.2 Å². The van der Waals surface area contributed by atoms with Gasteiger partial charge in [-0.1, -0.05) is 35.9 Å². The molecule has 4 heterocycles. The zero-order valence-electron chi connectivity index (χ0n) is 20.7. The summed E-state index contributed by atoms with van der Waals surface area (Å²) in [5, 5.41) is 3.63. The lowest BCUT2D eigenvalue weighted by Crippen LogP contribution is -2.57. The number of carbonyl (C=O) groups is 3. The Kier molecular flexibility index (Phi) is 6.32. The van der Waals surface area contributed by atoms with E-state index in [9.17, 15) is 14.4 Å². The maximum Gasteiger partial charge on any atom is 0.260 e. The third-order valence-corrected chi connectivity index (χ3v) is 8.58. The van der Waals surface area contributed by atoms with E-state index in [0.717, 1.165) is 30.6 Å². The van der Waals surface area contributed by atoms with Crippen LogP contribution in [0.4, 0.5) is 5.69 Å². The average molecular weight is 523 g/mol. The van der Waals surface area contributed by atoms with Gasteiger partial charge in [-0.2, -0.15) is 0 Å². The molecule has 0 aliphatic carbocycles. The van der Waals surface area contributed by atoms with Gasteiger partial charge in [0.2, 0.25) is 5.91 Å². The fourth-order valence-corrected chi connectivity index (χ4v) is 6.94. The van der Waals surface area contributed by atoms with Crippen LogP contribution in [-0.4, -0.2) is 72.9 Å². The molecule has 2 aromatic rings. The summed E-state index contributed by atoms with van der Waals surface area (Å²) in [4.78, 5) is 46.9. The lowest BCUT2D eigenvalue weighted by molar-refractivity contribution is -0.139. The minimum Gasteiger partial charge on any atom is -0.484 e. The van der Waals surface area contributed by atoms with E-state index >= 15 is 0 Å². The largest absolute Gasteiger partial charge is 0.484 e. The van der Waals surface area contributed by atoms with Gasteiger partial charge < -0.3 is 19.9 Å². The van der Waals surface area contributed by atoms with Crippen LogP contribution in [0.5, 0.6) is 5.75 Å². The van der Waals surface area contributed by atoms with Crippen molar-refractivity contribution in [2.24, 2.45) is 5.92 Å². The molecule has 6 rings (SSSR count). The van der Waals surface area contributed by atoms with Crippen molar-refractivity contribution in [3.05, 3.63) is 59.1 Å². The van der Waals surface area contributed by atoms with Crippen molar-refractivity contribution in [3.63, 3.8) is 0 Å². The molecule has 4 aliphatic rings. The number of benzene rings is 2. The zero-order chi connectivity index (χ0) is 25.6. The van der Waals surface area contributed by atoms with Crippen molar-refractivity contribution in [2.75, 3.05) is 44.2 Å². The summed E-state index contributed by atoms with van der Waals surface area (Å²) in [6, 6.07) is 15.0. The summed E-state index contributed by atoms with van der Waals surface area (Å²) >= 11 is 6.03. The Bertz CT molecular complexity index is 1240. The van der Waals surface area contributed by atoms with Crippen molar-refractivity contribution in [1.29, 1.82) is 0 Å². The highest BCUT2D eigenvalue weighted by atomic mass is 35.5. The van der Waals surface area contributed by atoms with Crippen LogP contribution in [-0.2, 0) is 19.9 Å². The standard InChI is InChI=1S/C28H31ClN4O4/c29-19-6-3-8-21(16-19)37-18-25(34)31-12-5-11-30-26(35)23-17-20-7-4-13-33(20)28(23)22-9-1-2-10-24(22)32(15-14-31)27(28)36/h1-3,6,8-10,16,20,23H,4-5,7,11-15,17-18H2,(H,30,35)/t20-,23-,28+/m0/s1. The quantitative estimate of drug-likeness (QED) is 0.670. The molecular weight excluding hydrogens is 492 g/mol. The monoisotopic (exact) mass is 522 g/mol. The van der Waals surface area contributed by atoms with Crippen molar-refractivity contribution >= 4 is 35.0 Å². The number of amides is 3. The first kappa shape index (κ1) is 24.2. The maximum atomic E-state index is 14.4. The highest BCUT2D eigenvalue weighted by molar-refractivity contribution is 6.30. The molecule has 8 nitrogen and oxygen atoms in total. The molecule has 37 heavy (non-hydrogen) atoms. The number of ether oxygens (including phenoxy) is 1. The summed E-state index contributed by atoms with van der Waals surface area (Å²) in [5.74, 6) is -0.167. The van der Waals surface area contributed by atoms with Gasteiger partial charge in [-0.15, -0.1) is 0 Å². The predicted molar refractivity (Wildman–Crippen MR) is 139 cm³/mol. The van der Waals surface area contributed by atoms with Gasteiger partial charge in [0.1, 0.15) is 11.3 Å². The van der Waals surface area contributed by atoms with E-state index < -0.39 is 11.5 Å². The van der Waals surface area contributed by atoms with Crippen LogP contribution in [0.1, 0.15) is 31.2 Å². The molecular formula is C28H31ClN4O4. The summed E-state index contributed by atoms with van der Waals surface area (Å²) in [6.07, 6.45) is 3.37. The van der Waals surface area contributed by atoms with Crippen LogP contribution >= 0.6 is 11.6 Å². The van der Waals surface area contributed by atoms with Gasteiger partial charge in [0.05, 0.1) is 5.92 Å². The molecule has 1 spiro atoms. The highest BCUT2D eigenvalue weighted by Gasteiger charge is 2.67. The fourth-order valence-electron chi connectivity index (χ4n) is 6.76. The molecule has 1 N–H and O–H groups in total. The molecule has 0 radical (unpaired) electrons. The van der Waals surface area contributed by atoms with Gasteiger partial charge in [0.15, 0.2) is 6.61 Å². The van der Waals surface area contributed by atoms with Gasteiger partial charge in [0, 0.05) is 48.5 Å². The van der Waals surface area contributed by atoms with E-state index in [4.69, 9.17) is 16.3 Å². The minimum atomic E-state index is -0.967. The molecule has 3 amide bonds. The van der Waals surface area contributed by atoms with Crippen molar-refractivity contribution in [3.8, 4) is 5.75 Å². The van der Waals surface area contributed by atoms with E-state index in [1.165, 1.54) is 0 Å². The van der Waals surface area contributed by atoms with Crippen LogP contribution in [0.25, 0.3) is 0 Å². The van der Waals surface area contributed by atoms with Crippen LogP contribution in [0.3, 0.4) is 0 Å². The first-order chi connectivity index (χ1) is 18.0. The first-order valence-corrected chi connectivity index (χ1v) is 13.5. The molecule has 0 unspecified atom stereocenters. The number of rotatable bonds is 3. The van der Waals surface area contributed by atoms with E-state index in [-0.39, 0.29) is 30.4 Å². The number of hydrogen-bond acceptors (Lipinski definition) is 5. The Morgan fingerprint density at radius 1 is 1.05 bits per heavy atom. The second kappa shape index (κ2) is 9.65. The molecule has 0 aromatic heterocycles. The molecule has 3 atom stereocenters. The average Bonchev–Trinajstić information content (AvgIpc) is 3.55. The number of para-hydroxylation sites is 1. The SMILES string of the molecule is O=C1NCCCN(C(=O)COc2cccc(Cl)c2)CCN2C(=O)[C@@]3(c4ccccc42)[C@H]1C[C@@H]1CCCN13. The van der Waals surface area contributed by atoms with Gasteiger partial charge >= 0.3 is 0 Å². The van der Waals surface area contributed by atoms with E-state index in [1.807, 2.05) is 24.3 Å². The Hall–Kier alpha value is -3.10. The smallest absolute Gasteiger partial charge is 0.260 e. The summed E-state index contributed by atoms with van der Waals surface area (Å²) in [6.45, 7) is 2.36. The third-order valence-electron chi connectivity index (χ3n) is 8.34. The van der Waals surface area contributed by atoms with Gasteiger partial charge in [-0.25, -0.2) is 0 Å². The lowest BCUT2D eigenvalue weighted by Gasteiger charge is -2.37. The zero-order valence-corrected chi connectivity index (χ0v) is 21.5. The molecule has 2 aromatic carbocycles. The van der Waals surface area contributed by atoms with Gasteiger partial charge in [0.25, 0.3) is 11.8 Å². The summed E-state index contributed by atoms with van der Waals surface area (Å²) in [5.41, 5.74) is 0.802. The Morgan fingerprint density at radius 3 is 2.78 bits per heavy atom. The number of carbonyl (C=O) groups excluding carboxylic acids is 3. The summed E-state index contributed by atoms with van der Waals surface area (Å²) in [7, 11) is 0. The number of hydrogen-bond donors (Lipinski definition) is 1. The van der Waals surface area contributed by atoms with Crippen LogP contribution < -0.4 is 15.0 Å². The Morgan fingerprint density at radius 2 is 1.92 bits per heavy atom. The molecule has 3 fully saturated rings. The summed E-state index contributed by atoms with van der Waals surface area (Å²) < 4.78 is 5.70. The second-order valence-corrected chi connectivity index (χ2v) is 10.7. The van der Waals surface area contributed by atoms with Gasteiger partial charge in [-0.3, -0.25) is 19.3 Å². The van der Waals surface area contributed by atoms with Crippen molar-refractivity contribution in [2.45, 2.75) is 37.3 Å². The molecule has 2 bridgehead atoms. The third kappa shape index (κ3) is 3.97. The van der Waals surface area contributed by atoms with Crippen LogP contribution in [0.15, 0.2) is 48.5 Å². The number of anilines is 1. The van der Waals surface area contributed by atoms with Crippen molar-refractivity contribution < 1.29 is 19.1 Å². The van der Waals surface area contributed by atoms with Gasteiger partial charge in [-0.05, 0) is 56.5 Å². The Balaban J connectivity index is 1.29. The lowest BCUT2D eigenvalue weighted by atomic mass is 9.78. The highest BCUT2D eigenvalue weighted by Crippen LogP contribution is 2.57. The number of halogens is 1. The molecule has 194 valence electrons. The number of fused-ring (bicyclic) bond motifs is 4. The fraction of sp³-hybridized carbons (Fsp3) is 0.464. The molecule has 9 heteroatoms. The molecule has 0 saturated carbocycles. The Labute approximate surface area is 221 Å². The molecule has 4 aliphatic heterocycles. The minimum absolute atomic E-state index is 0.0404. The van der Waals surface area contributed by atoms with E-state index in [0.29, 0.717) is 49.8 Å². The normalized spacial score (nSPS) is 27.6. The first-order valence-electron chi connectivity index (χ1n) is 13.1. The van der Waals surface area contributed by atoms with Crippen LogP contribution in [0, 0.1) is 5.92 Å². The second-order valence-electron chi connectivity index (χ2n) is 10.3.